The summed E-state index contributed by atoms with van der Waals surface area (Å²) in [5.41, 5.74) is 1.71. The van der Waals surface area contributed by atoms with Gasteiger partial charge in [0.2, 0.25) is 0 Å². The van der Waals surface area contributed by atoms with Gasteiger partial charge < -0.3 is 20.9 Å². The van der Waals surface area contributed by atoms with Crippen LogP contribution in [0, 0.1) is 12.7 Å². The van der Waals surface area contributed by atoms with E-state index in [0.717, 1.165) is 18.5 Å². The van der Waals surface area contributed by atoms with Gasteiger partial charge in [0.1, 0.15) is 0 Å². The molecule has 1 amide bonds. The number of pyridine rings is 1. The Hall–Kier alpha value is -3.16. The summed E-state index contributed by atoms with van der Waals surface area (Å²) in [4.78, 5) is 22.5. The number of aromatic nitrogens is 1. The number of carbonyl (C=O) groups excluding carboxylic acids is 1. The van der Waals surface area contributed by atoms with E-state index in [-0.39, 0.29) is 17.8 Å². The minimum Gasteiger partial charge on any atom is -0.355 e. The number of hydrogen-bond donors (Lipinski definition) is 3. The molecular weight excluding hydrogens is 371 g/mol. The predicted molar refractivity (Wildman–Crippen MR) is 113 cm³/mol. The number of aryl methyl sites for hydroxylation is 1. The van der Waals surface area contributed by atoms with Crippen molar-refractivity contribution in [1.29, 1.82) is 0 Å². The first-order chi connectivity index (χ1) is 14.1. The molecule has 0 saturated carbocycles. The van der Waals surface area contributed by atoms with Crippen LogP contribution in [0.1, 0.15) is 22.3 Å². The molecule has 2 aromatic rings. The van der Waals surface area contributed by atoms with E-state index in [0.29, 0.717) is 37.0 Å². The van der Waals surface area contributed by atoms with Gasteiger partial charge in [-0.2, -0.15) is 0 Å². The van der Waals surface area contributed by atoms with Gasteiger partial charge >= 0.3 is 0 Å². The number of nitrogens with one attached hydrogen (secondary N) is 3. The lowest BCUT2D eigenvalue weighted by Gasteiger charge is -2.20. The molecule has 1 fully saturated rings. The lowest BCUT2D eigenvalue weighted by atomic mass is 10.1. The molecule has 1 saturated heterocycles. The monoisotopic (exact) mass is 398 g/mol. The molecule has 0 bridgehead atoms. The third-order valence-electron chi connectivity index (χ3n) is 4.77. The molecule has 2 heterocycles. The second kappa shape index (κ2) is 9.86. The third kappa shape index (κ3) is 5.66. The van der Waals surface area contributed by atoms with Crippen LogP contribution in [-0.2, 0) is 0 Å². The third-order valence-corrected chi connectivity index (χ3v) is 4.77. The van der Waals surface area contributed by atoms with Crippen LogP contribution in [0.15, 0.2) is 47.6 Å². The van der Waals surface area contributed by atoms with Crippen molar-refractivity contribution in [3.05, 3.63) is 59.5 Å². The van der Waals surface area contributed by atoms with Gasteiger partial charge in [0.15, 0.2) is 17.6 Å². The maximum Gasteiger partial charge on any atom is 0.251 e. The minimum atomic E-state index is -0.306. The Bertz CT molecular complexity index is 872. The number of nitrogens with zero attached hydrogens (tertiary/aromatic N) is 3. The topological polar surface area (TPSA) is 81.6 Å². The van der Waals surface area contributed by atoms with Crippen molar-refractivity contribution in [3.63, 3.8) is 0 Å². The zero-order chi connectivity index (χ0) is 20.6. The smallest absolute Gasteiger partial charge is 0.251 e. The van der Waals surface area contributed by atoms with Crippen LogP contribution < -0.4 is 20.9 Å². The van der Waals surface area contributed by atoms with Crippen LogP contribution in [0.5, 0.6) is 0 Å². The lowest BCUT2D eigenvalue weighted by Crippen LogP contribution is -2.46. The molecule has 1 aromatic carbocycles. The second-order valence-electron chi connectivity index (χ2n) is 7.01. The van der Waals surface area contributed by atoms with Gasteiger partial charge in [-0.3, -0.25) is 9.79 Å². The summed E-state index contributed by atoms with van der Waals surface area (Å²) in [5, 5.41) is 9.43. The molecule has 1 aliphatic rings. The fourth-order valence-electron chi connectivity index (χ4n) is 3.31. The molecule has 29 heavy (non-hydrogen) atoms. The largest absolute Gasteiger partial charge is 0.355 e. The van der Waals surface area contributed by atoms with Crippen molar-refractivity contribution in [2.45, 2.75) is 19.4 Å². The highest BCUT2D eigenvalue weighted by Gasteiger charge is 2.25. The Morgan fingerprint density at radius 2 is 2.10 bits per heavy atom. The lowest BCUT2D eigenvalue weighted by molar-refractivity contribution is 0.0954. The van der Waals surface area contributed by atoms with Crippen LogP contribution in [-0.4, -0.2) is 56.1 Å². The molecule has 154 valence electrons. The van der Waals surface area contributed by atoms with E-state index < -0.39 is 0 Å². The molecule has 1 aliphatic heterocycles. The van der Waals surface area contributed by atoms with Gasteiger partial charge in [0.25, 0.3) is 5.91 Å². The number of aliphatic imine (C=N–C) groups is 1. The summed E-state index contributed by atoms with van der Waals surface area (Å²) in [6, 6.07) is 10.6. The Labute approximate surface area is 170 Å². The molecule has 3 N–H and O–H groups in total. The van der Waals surface area contributed by atoms with Crippen LogP contribution in [0.4, 0.5) is 10.2 Å². The van der Waals surface area contributed by atoms with Crippen molar-refractivity contribution in [1.82, 2.24) is 20.9 Å². The maximum atomic E-state index is 13.9. The Balaban J connectivity index is 1.41. The predicted octanol–water partition coefficient (Wildman–Crippen LogP) is 1.70. The second-order valence-corrected chi connectivity index (χ2v) is 7.01. The quantitative estimate of drug-likeness (QED) is 0.392. The number of benzene rings is 1. The zero-order valence-electron chi connectivity index (χ0n) is 16.8. The van der Waals surface area contributed by atoms with Crippen molar-refractivity contribution in [3.8, 4) is 0 Å². The molecule has 3 rings (SSSR count). The molecule has 8 heteroatoms. The molecule has 1 aromatic heterocycles. The number of anilines is 1. The van der Waals surface area contributed by atoms with Crippen molar-refractivity contribution >= 4 is 17.7 Å². The van der Waals surface area contributed by atoms with E-state index in [4.69, 9.17) is 0 Å². The van der Waals surface area contributed by atoms with Crippen molar-refractivity contribution < 1.29 is 9.18 Å². The van der Waals surface area contributed by atoms with E-state index in [9.17, 15) is 9.18 Å². The van der Waals surface area contributed by atoms with Crippen LogP contribution >= 0.6 is 0 Å². The van der Waals surface area contributed by atoms with Crippen LogP contribution in [0.25, 0.3) is 0 Å². The molecule has 0 aliphatic carbocycles. The van der Waals surface area contributed by atoms with Gasteiger partial charge in [-0.25, -0.2) is 9.37 Å². The zero-order valence-corrected chi connectivity index (χ0v) is 16.8. The van der Waals surface area contributed by atoms with Gasteiger partial charge in [-0.05, 0) is 37.6 Å². The standard InChI is InChI=1S/C21H27FN6O/c1-15-5-3-6-16(13-15)20(29)25-10-11-26-21(23-2)27-17-8-12-28(14-17)19-18(22)7-4-9-24-19/h3-7,9,13,17H,8,10-12,14H2,1-2H3,(H,25,29)(H2,23,26,27). The van der Waals surface area contributed by atoms with E-state index in [1.165, 1.54) is 6.07 Å². The molecule has 7 nitrogen and oxygen atoms in total. The fourth-order valence-corrected chi connectivity index (χ4v) is 3.31. The number of amides is 1. The summed E-state index contributed by atoms with van der Waals surface area (Å²) < 4.78 is 13.9. The fraction of sp³-hybridized carbons (Fsp3) is 0.381. The Kier molecular flexibility index (Phi) is 6.99. The summed E-state index contributed by atoms with van der Waals surface area (Å²) in [6.45, 7) is 4.36. The average molecular weight is 398 g/mol. The van der Waals surface area contributed by atoms with Crippen LogP contribution in [0.3, 0.4) is 0 Å². The highest BCUT2D eigenvalue weighted by molar-refractivity contribution is 5.94. The Morgan fingerprint density at radius 1 is 1.28 bits per heavy atom. The summed E-state index contributed by atoms with van der Waals surface area (Å²) in [5.74, 6) is 0.643. The van der Waals surface area contributed by atoms with Gasteiger partial charge in [-0.15, -0.1) is 0 Å². The Morgan fingerprint density at radius 3 is 2.86 bits per heavy atom. The van der Waals surface area contributed by atoms with Gasteiger partial charge in [0.05, 0.1) is 0 Å². The average Bonchev–Trinajstić information content (AvgIpc) is 3.18. The first kappa shape index (κ1) is 20.6. The molecule has 1 unspecified atom stereocenters. The molecule has 0 spiro atoms. The van der Waals surface area contributed by atoms with Crippen LogP contribution in [0.2, 0.25) is 0 Å². The summed E-state index contributed by atoms with van der Waals surface area (Å²) in [7, 11) is 1.70. The van der Waals surface area contributed by atoms with E-state index in [2.05, 4.69) is 25.9 Å². The normalized spacial score (nSPS) is 16.6. The van der Waals surface area contributed by atoms with E-state index in [1.54, 1.807) is 25.4 Å². The molecule has 1 atom stereocenters. The van der Waals surface area contributed by atoms with E-state index in [1.807, 2.05) is 30.0 Å². The highest BCUT2D eigenvalue weighted by Crippen LogP contribution is 2.20. The number of rotatable bonds is 6. The van der Waals surface area contributed by atoms with E-state index >= 15 is 0 Å². The van der Waals surface area contributed by atoms with Gasteiger partial charge in [-0.1, -0.05) is 17.7 Å². The first-order valence-corrected chi connectivity index (χ1v) is 9.74. The van der Waals surface area contributed by atoms with Gasteiger partial charge in [0, 0.05) is 51.0 Å². The molecular formula is C21H27FN6O. The minimum absolute atomic E-state index is 0.0951. The van der Waals surface area contributed by atoms with Crippen molar-refractivity contribution in [2.75, 3.05) is 38.1 Å². The summed E-state index contributed by atoms with van der Waals surface area (Å²) >= 11 is 0. The number of hydrogen-bond acceptors (Lipinski definition) is 4. The maximum absolute atomic E-state index is 13.9. The van der Waals surface area contributed by atoms with Crippen molar-refractivity contribution in [2.24, 2.45) is 4.99 Å². The number of carbonyl (C=O) groups is 1. The SMILES string of the molecule is CN=C(NCCNC(=O)c1cccc(C)c1)NC1CCN(c2ncccc2F)C1. The first-order valence-electron chi connectivity index (χ1n) is 9.74. The number of halogens is 1. The highest BCUT2D eigenvalue weighted by atomic mass is 19.1. The summed E-state index contributed by atoms with van der Waals surface area (Å²) in [6.07, 6.45) is 2.46. The number of guanidine groups is 1. The molecule has 0 radical (unpaired) electrons.